The summed E-state index contributed by atoms with van der Waals surface area (Å²) in [5.41, 5.74) is 7.59. The fraction of sp³-hybridized carbons (Fsp3) is 0.240. The molecule has 3 aromatic rings. The zero-order valence-corrected chi connectivity index (χ0v) is 17.1. The number of hydrogen-bond acceptors (Lipinski definition) is 3. The molecule has 1 unspecified atom stereocenters. The van der Waals surface area contributed by atoms with Gasteiger partial charge in [0.05, 0.1) is 5.41 Å². The molecule has 0 bridgehead atoms. The summed E-state index contributed by atoms with van der Waals surface area (Å²) in [6.07, 6.45) is 3.31. The molecule has 1 fully saturated rings. The largest absolute Gasteiger partial charge is 0.369 e. The highest BCUT2D eigenvalue weighted by atomic mass is 19.1. The SMILES string of the molecule is NC(=O)C1(Cc2ccc(-c3ccccc3F)cc2)CCCN(C(=O)c2ccccn2)C1. The third-order valence-electron chi connectivity index (χ3n) is 5.95. The second kappa shape index (κ2) is 8.68. The normalized spacial score (nSPS) is 18.5. The summed E-state index contributed by atoms with van der Waals surface area (Å²) in [6.45, 7) is 0.823. The second-order valence-corrected chi connectivity index (χ2v) is 8.04. The van der Waals surface area contributed by atoms with Gasteiger partial charge in [-0.15, -0.1) is 0 Å². The third kappa shape index (κ3) is 4.33. The number of rotatable bonds is 5. The summed E-state index contributed by atoms with van der Waals surface area (Å²) in [6, 6.07) is 19.3. The Hall–Kier alpha value is -3.54. The zero-order valence-electron chi connectivity index (χ0n) is 17.1. The molecule has 2 aromatic carbocycles. The van der Waals surface area contributed by atoms with Crippen LogP contribution in [0.2, 0.25) is 0 Å². The number of primary amides is 1. The fourth-order valence-corrected chi connectivity index (χ4v) is 4.28. The molecule has 1 aliphatic rings. The maximum Gasteiger partial charge on any atom is 0.272 e. The van der Waals surface area contributed by atoms with Gasteiger partial charge in [-0.3, -0.25) is 14.6 Å². The second-order valence-electron chi connectivity index (χ2n) is 8.04. The number of nitrogens with two attached hydrogens (primary N) is 1. The van der Waals surface area contributed by atoms with Gasteiger partial charge in [-0.1, -0.05) is 48.5 Å². The van der Waals surface area contributed by atoms with Crippen molar-refractivity contribution in [2.75, 3.05) is 13.1 Å². The Morgan fingerprint density at radius 2 is 1.77 bits per heavy atom. The summed E-state index contributed by atoms with van der Waals surface area (Å²) in [4.78, 5) is 31.2. The van der Waals surface area contributed by atoms with E-state index in [2.05, 4.69) is 4.98 Å². The molecule has 0 spiro atoms. The van der Waals surface area contributed by atoms with Gasteiger partial charge < -0.3 is 10.6 Å². The lowest BCUT2D eigenvalue weighted by molar-refractivity contribution is -0.130. The lowest BCUT2D eigenvalue weighted by Gasteiger charge is -2.40. The van der Waals surface area contributed by atoms with E-state index in [0.717, 1.165) is 11.1 Å². The van der Waals surface area contributed by atoms with Crippen LogP contribution in [-0.4, -0.2) is 34.8 Å². The molecule has 1 atom stereocenters. The van der Waals surface area contributed by atoms with Gasteiger partial charge in [0.15, 0.2) is 0 Å². The molecule has 0 aliphatic carbocycles. The molecule has 1 aromatic heterocycles. The number of hydrogen-bond donors (Lipinski definition) is 1. The van der Waals surface area contributed by atoms with Gasteiger partial charge in [0.1, 0.15) is 11.5 Å². The topological polar surface area (TPSA) is 76.3 Å². The highest BCUT2D eigenvalue weighted by Crippen LogP contribution is 2.35. The average molecular weight is 417 g/mol. The van der Waals surface area contributed by atoms with E-state index in [1.807, 2.05) is 24.3 Å². The number of piperidine rings is 1. The zero-order chi connectivity index (χ0) is 21.8. The number of aromatic nitrogens is 1. The summed E-state index contributed by atoms with van der Waals surface area (Å²) < 4.78 is 14.1. The number of halogens is 1. The molecule has 6 heteroatoms. The van der Waals surface area contributed by atoms with Crippen molar-refractivity contribution in [2.45, 2.75) is 19.3 Å². The number of nitrogens with zero attached hydrogens (tertiary/aromatic N) is 2. The Bertz CT molecular complexity index is 1090. The first kappa shape index (κ1) is 20.7. The van der Waals surface area contributed by atoms with Gasteiger partial charge in [-0.2, -0.15) is 0 Å². The maximum absolute atomic E-state index is 14.1. The number of pyridine rings is 1. The molecule has 31 heavy (non-hydrogen) atoms. The lowest BCUT2D eigenvalue weighted by Crippen LogP contribution is -2.53. The quantitative estimate of drug-likeness (QED) is 0.685. The highest BCUT2D eigenvalue weighted by molar-refractivity contribution is 5.93. The van der Waals surface area contributed by atoms with Gasteiger partial charge in [0.2, 0.25) is 5.91 Å². The summed E-state index contributed by atoms with van der Waals surface area (Å²) in [7, 11) is 0. The average Bonchev–Trinajstić information content (AvgIpc) is 2.80. The van der Waals surface area contributed by atoms with Gasteiger partial charge >= 0.3 is 0 Å². The van der Waals surface area contributed by atoms with E-state index < -0.39 is 11.3 Å². The third-order valence-corrected chi connectivity index (χ3v) is 5.95. The van der Waals surface area contributed by atoms with Crippen LogP contribution in [0, 0.1) is 11.2 Å². The van der Waals surface area contributed by atoms with Crippen LogP contribution in [0.4, 0.5) is 4.39 Å². The van der Waals surface area contributed by atoms with E-state index in [4.69, 9.17) is 5.73 Å². The number of benzene rings is 2. The Kier molecular flexibility index (Phi) is 5.80. The number of carbonyl (C=O) groups excluding carboxylic acids is 2. The van der Waals surface area contributed by atoms with E-state index in [1.165, 1.54) is 6.07 Å². The van der Waals surface area contributed by atoms with Crippen molar-refractivity contribution in [2.24, 2.45) is 11.1 Å². The fourth-order valence-electron chi connectivity index (χ4n) is 4.28. The van der Waals surface area contributed by atoms with Crippen LogP contribution in [0.5, 0.6) is 0 Å². The highest BCUT2D eigenvalue weighted by Gasteiger charge is 2.42. The van der Waals surface area contributed by atoms with Crippen molar-refractivity contribution in [3.63, 3.8) is 0 Å². The monoisotopic (exact) mass is 417 g/mol. The molecular weight excluding hydrogens is 393 g/mol. The molecule has 1 aliphatic heterocycles. The predicted molar refractivity (Wildman–Crippen MR) is 117 cm³/mol. The van der Waals surface area contributed by atoms with Crippen LogP contribution in [0.3, 0.4) is 0 Å². The Balaban J connectivity index is 1.55. The molecule has 4 rings (SSSR count). The van der Waals surface area contributed by atoms with E-state index >= 15 is 0 Å². The van der Waals surface area contributed by atoms with E-state index in [0.29, 0.717) is 37.1 Å². The predicted octanol–water partition coefficient (Wildman–Crippen LogP) is 3.84. The first-order chi connectivity index (χ1) is 15.0. The maximum atomic E-state index is 14.1. The minimum Gasteiger partial charge on any atom is -0.369 e. The lowest BCUT2D eigenvalue weighted by atomic mass is 9.74. The van der Waals surface area contributed by atoms with Crippen molar-refractivity contribution in [1.82, 2.24) is 9.88 Å². The number of carbonyl (C=O) groups is 2. The van der Waals surface area contributed by atoms with Crippen LogP contribution in [0.15, 0.2) is 72.9 Å². The minimum atomic E-state index is -0.845. The molecule has 2 heterocycles. The van der Waals surface area contributed by atoms with Crippen LogP contribution in [0.25, 0.3) is 11.1 Å². The first-order valence-corrected chi connectivity index (χ1v) is 10.3. The molecule has 5 nitrogen and oxygen atoms in total. The summed E-state index contributed by atoms with van der Waals surface area (Å²) >= 11 is 0. The smallest absolute Gasteiger partial charge is 0.272 e. The Labute approximate surface area is 180 Å². The standard InChI is InChI=1S/C25H24FN3O2/c26-21-7-2-1-6-20(21)19-11-9-18(10-12-19)16-25(24(27)31)13-5-15-29(17-25)23(30)22-8-3-4-14-28-22/h1-4,6-12,14H,5,13,15-17H2,(H2,27,31). The van der Waals surface area contributed by atoms with Crippen LogP contribution in [0.1, 0.15) is 28.9 Å². The van der Waals surface area contributed by atoms with Crippen molar-refractivity contribution < 1.29 is 14.0 Å². The van der Waals surface area contributed by atoms with Gasteiger partial charge in [-0.05, 0) is 48.6 Å². The van der Waals surface area contributed by atoms with Gasteiger partial charge in [0, 0.05) is 24.8 Å². The van der Waals surface area contributed by atoms with Crippen LogP contribution >= 0.6 is 0 Å². The molecule has 0 radical (unpaired) electrons. The Morgan fingerprint density at radius 3 is 2.45 bits per heavy atom. The molecule has 1 saturated heterocycles. The molecule has 2 N–H and O–H groups in total. The van der Waals surface area contributed by atoms with Crippen molar-refractivity contribution >= 4 is 11.8 Å². The van der Waals surface area contributed by atoms with E-state index in [9.17, 15) is 14.0 Å². The Morgan fingerprint density at radius 1 is 1.03 bits per heavy atom. The van der Waals surface area contributed by atoms with Crippen LogP contribution in [-0.2, 0) is 11.2 Å². The summed E-state index contributed by atoms with van der Waals surface area (Å²) in [5, 5.41) is 0. The van der Waals surface area contributed by atoms with Crippen LogP contribution < -0.4 is 5.73 Å². The van der Waals surface area contributed by atoms with E-state index in [-0.39, 0.29) is 18.3 Å². The first-order valence-electron chi connectivity index (χ1n) is 10.3. The van der Waals surface area contributed by atoms with Crippen molar-refractivity contribution in [3.8, 4) is 11.1 Å². The van der Waals surface area contributed by atoms with Gasteiger partial charge in [0.25, 0.3) is 5.91 Å². The minimum absolute atomic E-state index is 0.194. The van der Waals surface area contributed by atoms with Gasteiger partial charge in [-0.25, -0.2) is 4.39 Å². The van der Waals surface area contributed by atoms with Crippen molar-refractivity contribution in [1.29, 1.82) is 0 Å². The number of amides is 2. The summed E-state index contributed by atoms with van der Waals surface area (Å²) in [5.74, 6) is -0.884. The molecular formula is C25H24FN3O2. The molecule has 0 saturated carbocycles. The molecule has 2 amide bonds. The van der Waals surface area contributed by atoms with E-state index in [1.54, 1.807) is 47.5 Å². The molecule has 158 valence electrons. The number of likely N-dealkylation sites (tertiary alicyclic amines) is 1. The van der Waals surface area contributed by atoms with Crippen molar-refractivity contribution in [3.05, 3.63) is 90.0 Å².